The zero-order chi connectivity index (χ0) is 15.1. The first-order valence-electron chi connectivity index (χ1n) is 6.81. The van der Waals surface area contributed by atoms with Crippen LogP contribution in [0, 0.1) is 12.8 Å². The van der Waals surface area contributed by atoms with Crippen LogP contribution in [0.1, 0.15) is 38.0 Å². The van der Waals surface area contributed by atoms with Crippen molar-refractivity contribution in [3.05, 3.63) is 11.6 Å². The smallest absolute Gasteiger partial charge is 0.281 e. The molecule has 0 aliphatic carbocycles. The number of nitrogens with zero attached hydrogens (tertiary/aromatic N) is 5. The van der Waals surface area contributed by atoms with Crippen molar-refractivity contribution < 1.29 is 8.42 Å². The molecule has 0 bridgehead atoms. The summed E-state index contributed by atoms with van der Waals surface area (Å²) in [4.78, 5) is 0. The van der Waals surface area contributed by atoms with E-state index in [4.69, 9.17) is 0 Å². The van der Waals surface area contributed by atoms with Gasteiger partial charge in [-0.15, -0.1) is 10.2 Å². The topological polar surface area (TPSA) is 71.3 Å². The highest BCUT2D eigenvalue weighted by Gasteiger charge is 2.35. The third-order valence-corrected chi connectivity index (χ3v) is 5.42. The molecule has 0 fully saturated rings. The number of aryl methyl sites for hydroxylation is 1. The summed E-state index contributed by atoms with van der Waals surface area (Å²) < 4.78 is 29.5. The Morgan fingerprint density at radius 3 is 2.55 bits per heavy atom. The van der Waals surface area contributed by atoms with Crippen LogP contribution in [0.2, 0.25) is 0 Å². The number of hydrogen-bond acceptors (Lipinski definition) is 4. The zero-order valence-corrected chi connectivity index (χ0v) is 13.6. The summed E-state index contributed by atoms with van der Waals surface area (Å²) in [5.41, 5.74) is 0. The van der Waals surface area contributed by atoms with Crippen molar-refractivity contribution in [2.45, 2.75) is 39.8 Å². The molecule has 114 valence electrons. The molecule has 0 aromatic carbocycles. The average Bonchev–Trinajstić information content (AvgIpc) is 2.70. The lowest BCUT2D eigenvalue weighted by Gasteiger charge is -2.35. The Morgan fingerprint density at radius 2 is 2.00 bits per heavy atom. The molecule has 0 radical (unpaired) electrons. The fourth-order valence-corrected chi connectivity index (χ4v) is 3.77. The molecular formula is C12H23N5O2S. The number of hydrogen-bond donors (Lipinski definition) is 0. The monoisotopic (exact) mass is 301 g/mol. The predicted octanol–water partition coefficient (Wildman–Crippen LogP) is 0.796. The Kier molecular flexibility index (Phi) is 4.17. The van der Waals surface area contributed by atoms with Gasteiger partial charge in [-0.25, -0.2) is 0 Å². The highest BCUT2D eigenvalue weighted by atomic mass is 32.2. The fourth-order valence-electron chi connectivity index (χ4n) is 2.67. The minimum atomic E-state index is -3.42. The molecule has 8 heteroatoms. The summed E-state index contributed by atoms with van der Waals surface area (Å²) in [5.74, 6) is 2.06. The van der Waals surface area contributed by atoms with Crippen molar-refractivity contribution in [2.24, 2.45) is 5.92 Å². The van der Waals surface area contributed by atoms with Gasteiger partial charge in [0.2, 0.25) is 0 Å². The Bertz CT molecular complexity index is 579. The SMILES string of the molecule is Cc1nnc2n1[C@@H](CC(C)C)CN(S(=O)(=O)N(C)C)C2. The van der Waals surface area contributed by atoms with Gasteiger partial charge in [0.15, 0.2) is 0 Å². The van der Waals surface area contributed by atoms with E-state index >= 15 is 0 Å². The molecule has 0 unspecified atom stereocenters. The van der Waals surface area contributed by atoms with E-state index in [0.29, 0.717) is 12.5 Å². The molecule has 2 rings (SSSR count). The van der Waals surface area contributed by atoms with Gasteiger partial charge in [0, 0.05) is 20.6 Å². The Labute approximate surface area is 120 Å². The van der Waals surface area contributed by atoms with Crippen molar-refractivity contribution in [1.82, 2.24) is 23.4 Å². The fraction of sp³-hybridized carbons (Fsp3) is 0.833. The van der Waals surface area contributed by atoms with Crippen LogP contribution in [0.3, 0.4) is 0 Å². The first kappa shape index (κ1) is 15.4. The minimum absolute atomic E-state index is 0.100. The molecule has 0 N–H and O–H groups in total. The molecule has 0 saturated heterocycles. The second kappa shape index (κ2) is 5.42. The van der Waals surface area contributed by atoms with E-state index in [9.17, 15) is 8.42 Å². The summed E-state index contributed by atoms with van der Waals surface area (Å²) in [6.07, 6.45) is 0.908. The molecule has 1 atom stereocenters. The van der Waals surface area contributed by atoms with Gasteiger partial charge in [-0.05, 0) is 19.3 Å². The van der Waals surface area contributed by atoms with E-state index < -0.39 is 10.2 Å². The van der Waals surface area contributed by atoms with E-state index in [2.05, 4.69) is 28.6 Å². The van der Waals surface area contributed by atoms with E-state index in [1.807, 2.05) is 6.92 Å². The highest BCUT2D eigenvalue weighted by Crippen LogP contribution is 2.28. The molecule has 20 heavy (non-hydrogen) atoms. The summed E-state index contributed by atoms with van der Waals surface area (Å²) in [6, 6.07) is 0.100. The van der Waals surface area contributed by atoms with Crippen LogP contribution in [0.5, 0.6) is 0 Å². The van der Waals surface area contributed by atoms with E-state index in [0.717, 1.165) is 18.1 Å². The molecule has 0 spiro atoms. The van der Waals surface area contributed by atoms with Gasteiger partial charge in [0.25, 0.3) is 10.2 Å². The van der Waals surface area contributed by atoms with Crippen molar-refractivity contribution in [3.8, 4) is 0 Å². The van der Waals surface area contributed by atoms with Crippen LogP contribution in [0.25, 0.3) is 0 Å². The Morgan fingerprint density at radius 1 is 1.35 bits per heavy atom. The average molecular weight is 301 g/mol. The van der Waals surface area contributed by atoms with E-state index in [1.165, 1.54) is 8.61 Å². The zero-order valence-electron chi connectivity index (χ0n) is 12.7. The summed E-state index contributed by atoms with van der Waals surface area (Å²) >= 11 is 0. The molecule has 0 amide bonds. The summed E-state index contributed by atoms with van der Waals surface area (Å²) in [6.45, 7) is 6.96. The Hall–Kier alpha value is -0.990. The van der Waals surface area contributed by atoms with Gasteiger partial charge < -0.3 is 4.57 Å². The van der Waals surface area contributed by atoms with Crippen LogP contribution in [0.15, 0.2) is 0 Å². The molecule has 1 aliphatic rings. The second-order valence-electron chi connectivity index (χ2n) is 5.90. The van der Waals surface area contributed by atoms with Gasteiger partial charge in [-0.3, -0.25) is 0 Å². The third-order valence-electron chi connectivity index (χ3n) is 3.57. The maximum Gasteiger partial charge on any atom is 0.281 e. The van der Waals surface area contributed by atoms with Crippen LogP contribution in [-0.4, -0.2) is 52.4 Å². The number of aromatic nitrogens is 3. The van der Waals surface area contributed by atoms with E-state index in [-0.39, 0.29) is 12.6 Å². The molecule has 1 aromatic heterocycles. The minimum Gasteiger partial charge on any atom is -0.310 e. The standard InChI is InChI=1S/C12H23N5O2S/c1-9(2)6-11-7-16(20(18,19)15(4)5)8-12-14-13-10(3)17(11)12/h9,11H,6-8H2,1-5H3/t11-/m0/s1. The molecule has 0 saturated carbocycles. The van der Waals surface area contributed by atoms with Gasteiger partial charge in [-0.2, -0.15) is 17.0 Å². The van der Waals surface area contributed by atoms with Crippen molar-refractivity contribution >= 4 is 10.2 Å². The molecule has 1 aromatic rings. The van der Waals surface area contributed by atoms with Crippen molar-refractivity contribution in [2.75, 3.05) is 20.6 Å². The van der Waals surface area contributed by atoms with Gasteiger partial charge >= 0.3 is 0 Å². The van der Waals surface area contributed by atoms with Crippen LogP contribution in [0.4, 0.5) is 0 Å². The van der Waals surface area contributed by atoms with E-state index in [1.54, 1.807) is 14.1 Å². The molecule has 1 aliphatic heterocycles. The molecular weight excluding hydrogens is 278 g/mol. The first-order chi connectivity index (χ1) is 9.23. The lowest BCUT2D eigenvalue weighted by Crippen LogP contribution is -2.46. The molecule has 2 heterocycles. The van der Waals surface area contributed by atoms with Crippen LogP contribution < -0.4 is 0 Å². The van der Waals surface area contributed by atoms with Crippen molar-refractivity contribution in [1.29, 1.82) is 0 Å². The highest BCUT2D eigenvalue weighted by molar-refractivity contribution is 7.86. The molecule has 7 nitrogen and oxygen atoms in total. The summed E-state index contributed by atoms with van der Waals surface area (Å²) in [7, 11) is -0.311. The third kappa shape index (κ3) is 2.72. The predicted molar refractivity (Wildman–Crippen MR) is 76.3 cm³/mol. The Balaban J connectivity index is 2.37. The lowest BCUT2D eigenvalue weighted by atomic mass is 10.0. The number of rotatable bonds is 4. The van der Waals surface area contributed by atoms with Gasteiger partial charge in [-0.1, -0.05) is 13.8 Å². The lowest BCUT2D eigenvalue weighted by molar-refractivity contribution is 0.239. The second-order valence-corrected chi connectivity index (χ2v) is 8.04. The van der Waals surface area contributed by atoms with Crippen LogP contribution in [-0.2, 0) is 16.8 Å². The van der Waals surface area contributed by atoms with Crippen molar-refractivity contribution in [3.63, 3.8) is 0 Å². The normalized spacial score (nSPS) is 20.6. The van der Waals surface area contributed by atoms with Crippen LogP contribution >= 0.6 is 0 Å². The maximum absolute atomic E-state index is 12.3. The van der Waals surface area contributed by atoms with Gasteiger partial charge in [0.05, 0.1) is 12.6 Å². The first-order valence-corrected chi connectivity index (χ1v) is 8.21. The quantitative estimate of drug-likeness (QED) is 0.824. The summed E-state index contributed by atoms with van der Waals surface area (Å²) in [5, 5.41) is 8.22. The number of fused-ring (bicyclic) bond motifs is 1. The maximum atomic E-state index is 12.3. The van der Waals surface area contributed by atoms with Gasteiger partial charge in [0.1, 0.15) is 11.6 Å². The largest absolute Gasteiger partial charge is 0.310 e.